The minimum absolute atomic E-state index is 0.0886. The van der Waals surface area contributed by atoms with Gasteiger partial charge in [-0.05, 0) is 48.2 Å². The van der Waals surface area contributed by atoms with Crippen molar-refractivity contribution in [2.24, 2.45) is 0 Å². The maximum absolute atomic E-state index is 13.0. The zero-order chi connectivity index (χ0) is 22.9. The Hall–Kier alpha value is -3.31. The monoisotopic (exact) mass is 444 g/mol. The van der Waals surface area contributed by atoms with Crippen molar-refractivity contribution in [1.29, 1.82) is 0 Å². The molecule has 1 saturated heterocycles. The second kappa shape index (κ2) is 11.5. The minimum Gasteiger partial charge on any atom is -0.493 e. The number of carbonyl (C=O) groups is 1. The first-order chi connectivity index (χ1) is 16.2. The second-order valence-electron chi connectivity index (χ2n) is 8.44. The van der Waals surface area contributed by atoms with Crippen LogP contribution in [0.5, 0.6) is 11.5 Å². The van der Waals surface area contributed by atoms with Crippen LogP contribution in [-0.2, 0) is 24.5 Å². The summed E-state index contributed by atoms with van der Waals surface area (Å²) in [6, 6.07) is 26.1. The molecule has 172 valence electrons. The number of nitrogens with zero attached hydrogens (tertiary/aromatic N) is 1. The molecule has 3 aromatic carbocycles. The highest BCUT2D eigenvalue weighted by Gasteiger charge is 2.28. The van der Waals surface area contributed by atoms with E-state index in [0.717, 1.165) is 43.5 Å². The topological polar surface area (TPSA) is 50.8 Å². The Kier molecular flexibility index (Phi) is 7.99. The third kappa shape index (κ3) is 6.36. The van der Waals surface area contributed by atoms with Crippen LogP contribution in [0, 0.1) is 0 Å². The van der Waals surface area contributed by atoms with E-state index >= 15 is 0 Å². The van der Waals surface area contributed by atoms with E-state index in [-0.39, 0.29) is 11.9 Å². The van der Waals surface area contributed by atoms with Crippen molar-refractivity contribution in [3.05, 3.63) is 95.6 Å². The summed E-state index contributed by atoms with van der Waals surface area (Å²) in [5.41, 5.74) is 3.33. The number of methoxy groups -OCH3 is 1. The molecule has 4 rings (SSSR count). The molecular weight excluding hydrogens is 412 g/mol. The molecule has 1 aliphatic heterocycles. The lowest BCUT2D eigenvalue weighted by Gasteiger charge is -2.34. The van der Waals surface area contributed by atoms with Gasteiger partial charge in [0.1, 0.15) is 6.61 Å². The van der Waals surface area contributed by atoms with Crippen molar-refractivity contribution in [3.63, 3.8) is 0 Å². The molecule has 5 nitrogen and oxygen atoms in total. The molecule has 0 bridgehead atoms. The quantitative estimate of drug-likeness (QED) is 0.508. The predicted octanol–water partition coefficient (Wildman–Crippen LogP) is 4.95. The summed E-state index contributed by atoms with van der Waals surface area (Å²) in [5, 5.41) is 3.14. The van der Waals surface area contributed by atoms with Gasteiger partial charge < -0.3 is 14.8 Å². The maximum Gasteiger partial charge on any atom is 0.237 e. The first-order valence-corrected chi connectivity index (χ1v) is 11.6. The molecule has 1 N–H and O–H groups in total. The van der Waals surface area contributed by atoms with Gasteiger partial charge in [0.15, 0.2) is 11.5 Å². The molecule has 1 fully saturated rings. The molecule has 33 heavy (non-hydrogen) atoms. The highest BCUT2D eigenvalue weighted by molar-refractivity contribution is 5.81. The molecule has 5 heteroatoms. The van der Waals surface area contributed by atoms with E-state index in [0.29, 0.717) is 24.7 Å². The number of ether oxygens (including phenoxy) is 2. The van der Waals surface area contributed by atoms with Gasteiger partial charge in [-0.3, -0.25) is 9.69 Å². The highest BCUT2D eigenvalue weighted by Crippen LogP contribution is 2.29. The number of benzene rings is 3. The van der Waals surface area contributed by atoms with E-state index in [4.69, 9.17) is 9.47 Å². The largest absolute Gasteiger partial charge is 0.493 e. The fourth-order valence-electron chi connectivity index (χ4n) is 4.28. The zero-order valence-electron chi connectivity index (χ0n) is 19.2. The Morgan fingerprint density at radius 3 is 2.36 bits per heavy atom. The van der Waals surface area contributed by atoms with Gasteiger partial charge >= 0.3 is 0 Å². The Bertz CT molecular complexity index is 1020. The molecular formula is C28H32N2O3. The summed E-state index contributed by atoms with van der Waals surface area (Å²) in [4.78, 5) is 15.3. The van der Waals surface area contributed by atoms with Crippen molar-refractivity contribution in [2.75, 3.05) is 13.7 Å². The number of rotatable bonds is 9. The van der Waals surface area contributed by atoms with Crippen molar-refractivity contribution in [3.8, 4) is 11.5 Å². The number of amides is 1. The molecule has 0 radical (unpaired) electrons. The molecule has 1 aliphatic rings. The number of nitrogens with one attached hydrogen (secondary N) is 1. The van der Waals surface area contributed by atoms with Gasteiger partial charge in [0.05, 0.1) is 13.2 Å². The van der Waals surface area contributed by atoms with Crippen molar-refractivity contribution < 1.29 is 14.3 Å². The number of piperidine rings is 1. The fraction of sp³-hybridized carbons (Fsp3) is 0.321. The van der Waals surface area contributed by atoms with Crippen LogP contribution in [0.1, 0.15) is 36.0 Å². The van der Waals surface area contributed by atoms with Crippen LogP contribution in [0.4, 0.5) is 0 Å². The van der Waals surface area contributed by atoms with Gasteiger partial charge in [0.25, 0.3) is 0 Å². The van der Waals surface area contributed by atoms with Crippen LogP contribution in [0.3, 0.4) is 0 Å². The van der Waals surface area contributed by atoms with Crippen molar-refractivity contribution >= 4 is 5.91 Å². The van der Waals surface area contributed by atoms with E-state index in [1.807, 2.05) is 54.6 Å². The first-order valence-electron chi connectivity index (χ1n) is 11.6. The Balaban J connectivity index is 1.34. The normalized spacial score (nSPS) is 16.2. The SMILES string of the molecule is COc1cc(CNC(=O)C2CCCCN2Cc2ccccc2)ccc1OCc1ccccc1. The van der Waals surface area contributed by atoms with Crippen LogP contribution in [-0.4, -0.2) is 30.5 Å². The summed E-state index contributed by atoms with van der Waals surface area (Å²) in [6.45, 7) is 2.70. The summed E-state index contributed by atoms with van der Waals surface area (Å²) in [5.74, 6) is 1.45. The van der Waals surface area contributed by atoms with E-state index in [1.165, 1.54) is 5.56 Å². The van der Waals surface area contributed by atoms with E-state index < -0.39 is 0 Å². The predicted molar refractivity (Wildman–Crippen MR) is 130 cm³/mol. The third-order valence-corrected chi connectivity index (χ3v) is 6.08. The van der Waals surface area contributed by atoms with Crippen LogP contribution in [0.15, 0.2) is 78.9 Å². The fourth-order valence-corrected chi connectivity index (χ4v) is 4.28. The first kappa shape index (κ1) is 22.9. The number of hydrogen-bond donors (Lipinski definition) is 1. The lowest BCUT2D eigenvalue weighted by molar-refractivity contribution is -0.128. The van der Waals surface area contributed by atoms with Crippen LogP contribution in [0.25, 0.3) is 0 Å². The summed E-state index contributed by atoms with van der Waals surface area (Å²) in [6.07, 6.45) is 3.12. The molecule has 1 amide bonds. The minimum atomic E-state index is -0.0886. The van der Waals surface area contributed by atoms with Crippen molar-refractivity contribution in [2.45, 2.75) is 45.0 Å². The lowest BCUT2D eigenvalue weighted by atomic mass is 10.00. The molecule has 0 spiro atoms. The molecule has 1 heterocycles. The second-order valence-corrected chi connectivity index (χ2v) is 8.44. The van der Waals surface area contributed by atoms with Gasteiger partial charge in [-0.2, -0.15) is 0 Å². The highest BCUT2D eigenvalue weighted by atomic mass is 16.5. The van der Waals surface area contributed by atoms with Crippen LogP contribution in [0.2, 0.25) is 0 Å². The summed E-state index contributed by atoms with van der Waals surface area (Å²) >= 11 is 0. The molecule has 3 aromatic rings. The van der Waals surface area contributed by atoms with Gasteiger partial charge in [-0.15, -0.1) is 0 Å². The number of carbonyl (C=O) groups excluding carboxylic acids is 1. The van der Waals surface area contributed by atoms with Crippen molar-refractivity contribution in [1.82, 2.24) is 10.2 Å². The van der Waals surface area contributed by atoms with Gasteiger partial charge in [0, 0.05) is 13.1 Å². The number of hydrogen-bond acceptors (Lipinski definition) is 4. The van der Waals surface area contributed by atoms with Gasteiger partial charge in [-0.1, -0.05) is 73.2 Å². The molecule has 1 unspecified atom stereocenters. The molecule has 1 atom stereocenters. The van der Waals surface area contributed by atoms with Crippen LogP contribution >= 0.6 is 0 Å². The molecule has 0 saturated carbocycles. The summed E-state index contributed by atoms with van der Waals surface area (Å²) in [7, 11) is 1.64. The number of likely N-dealkylation sites (tertiary alicyclic amines) is 1. The third-order valence-electron chi connectivity index (χ3n) is 6.08. The Morgan fingerprint density at radius 1 is 0.909 bits per heavy atom. The van der Waals surface area contributed by atoms with E-state index in [2.05, 4.69) is 34.5 Å². The Labute approximate surface area is 196 Å². The maximum atomic E-state index is 13.0. The van der Waals surface area contributed by atoms with Gasteiger partial charge in [0.2, 0.25) is 5.91 Å². The average Bonchev–Trinajstić information content (AvgIpc) is 2.88. The lowest BCUT2D eigenvalue weighted by Crippen LogP contribution is -2.48. The Morgan fingerprint density at radius 2 is 1.64 bits per heavy atom. The van der Waals surface area contributed by atoms with E-state index in [1.54, 1.807) is 7.11 Å². The van der Waals surface area contributed by atoms with Gasteiger partial charge in [-0.25, -0.2) is 0 Å². The summed E-state index contributed by atoms with van der Waals surface area (Å²) < 4.78 is 11.5. The molecule has 0 aromatic heterocycles. The average molecular weight is 445 g/mol. The van der Waals surface area contributed by atoms with E-state index in [9.17, 15) is 4.79 Å². The smallest absolute Gasteiger partial charge is 0.237 e. The standard InChI is InChI=1S/C28H32N2O3/c1-32-27-18-24(15-16-26(27)33-21-23-12-6-3-7-13-23)19-29-28(31)25-14-8-9-17-30(25)20-22-10-4-2-5-11-22/h2-7,10-13,15-16,18,25H,8-9,14,17,19-21H2,1H3,(H,29,31). The molecule has 0 aliphatic carbocycles. The zero-order valence-corrected chi connectivity index (χ0v) is 19.2. The van der Waals surface area contributed by atoms with Crippen LogP contribution < -0.4 is 14.8 Å².